The number of nitrogens with zero attached hydrogens (tertiary/aromatic N) is 4. The van der Waals surface area contributed by atoms with Crippen LogP contribution in [0.5, 0.6) is 5.75 Å². The van der Waals surface area contributed by atoms with E-state index >= 15 is 0 Å². The largest absolute Gasteiger partial charge is 0.497 e. The first-order chi connectivity index (χ1) is 15.1. The number of aryl methyl sites for hydroxylation is 1. The lowest BCUT2D eigenvalue weighted by molar-refractivity contribution is -0.119. The Kier molecular flexibility index (Phi) is 6.71. The first-order valence-electron chi connectivity index (χ1n) is 10.2. The quantitative estimate of drug-likeness (QED) is 0.567. The van der Waals surface area contributed by atoms with Crippen LogP contribution in [0.1, 0.15) is 24.2 Å². The molecule has 0 aliphatic carbocycles. The molecule has 1 aliphatic heterocycles. The smallest absolute Gasteiger partial charge is 0.346 e. The first-order valence-corrected chi connectivity index (χ1v) is 11.2. The van der Waals surface area contributed by atoms with Crippen molar-refractivity contribution in [2.24, 2.45) is 0 Å². The molecule has 3 aromatic rings. The number of hydrogen-bond acceptors (Lipinski definition) is 6. The Morgan fingerprint density at radius 1 is 1.26 bits per heavy atom. The van der Waals surface area contributed by atoms with Crippen LogP contribution < -0.4 is 15.7 Å². The fourth-order valence-electron chi connectivity index (χ4n) is 3.67. The van der Waals surface area contributed by atoms with E-state index in [1.165, 1.54) is 16.4 Å². The van der Waals surface area contributed by atoms with E-state index in [0.29, 0.717) is 31.7 Å². The number of benzene rings is 1. The maximum atomic E-state index is 12.8. The van der Waals surface area contributed by atoms with Gasteiger partial charge in [0.05, 0.1) is 19.4 Å². The summed E-state index contributed by atoms with van der Waals surface area (Å²) in [6.07, 6.45) is 5.57. The highest BCUT2D eigenvalue weighted by Crippen LogP contribution is 2.17. The van der Waals surface area contributed by atoms with Crippen molar-refractivity contribution in [2.75, 3.05) is 12.9 Å². The maximum Gasteiger partial charge on any atom is 0.346 e. The van der Waals surface area contributed by atoms with Gasteiger partial charge in [-0.15, -0.1) is 11.8 Å². The van der Waals surface area contributed by atoms with Gasteiger partial charge >= 0.3 is 5.69 Å². The van der Waals surface area contributed by atoms with E-state index < -0.39 is 0 Å². The second-order valence-electron chi connectivity index (χ2n) is 7.42. The van der Waals surface area contributed by atoms with Crippen molar-refractivity contribution < 1.29 is 9.53 Å². The number of amides is 1. The predicted octanol–water partition coefficient (Wildman–Crippen LogP) is 2.11. The summed E-state index contributed by atoms with van der Waals surface area (Å²) in [5, 5.41) is 7.66. The number of nitrogens with one attached hydrogen (secondary N) is 1. The number of ether oxygens (including phenoxy) is 1. The highest BCUT2D eigenvalue weighted by Gasteiger charge is 2.22. The summed E-state index contributed by atoms with van der Waals surface area (Å²) in [5.74, 6) is 1.89. The van der Waals surface area contributed by atoms with Crippen LogP contribution >= 0.6 is 11.8 Å². The van der Waals surface area contributed by atoms with E-state index in [1.807, 2.05) is 36.4 Å². The highest BCUT2D eigenvalue weighted by molar-refractivity contribution is 8.00. The zero-order valence-corrected chi connectivity index (χ0v) is 18.2. The number of thioether (sulfide) groups is 1. The molecule has 1 unspecified atom stereocenters. The second kappa shape index (κ2) is 9.82. The number of fused-ring (bicyclic) bond motifs is 1. The van der Waals surface area contributed by atoms with Gasteiger partial charge in [-0.1, -0.05) is 12.1 Å². The molecule has 0 spiro atoms. The molecule has 0 saturated heterocycles. The van der Waals surface area contributed by atoms with Gasteiger partial charge in [0.15, 0.2) is 0 Å². The molecular formula is C22H25N5O3S. The van der Waals surface area contributed by atoms with E-state index in [-0.39, 0.29) is 17.6 Å². The van der Waals surface area contributed by atoms with Crippen LogP contribution in [0.4, 0.5) is 0 Å². The lowest BCUT2D eigenvalue weighted by atomic mass is 10.1. The van der Waals surface area contributed by atoms with Gasteiger partial charge < -0.3 is 10.1 Å². The van der Waals surface area contributed by atoms with Crippen LogP contribution in [0.2, 0.25) is 0 Å². The number of rotatable bonds is 7. The van der Waals surface area contributed by atoms with Crippen LogP contribution in [0.3, 0.4) is 0 Å². The van der Waals surface area contributed by atoms with E-state index in [1.54, 1.807) is 24.1 Å². The number of hydrogen-bond donors (Lipinski definition) is 1. The molecule has 1 aliphatic rings. The van der Waals surface area contributed by atoms with E-state index in [9.17, 15) is 9.59 Å². The van der Waals surface area contributed by atoms with Gasteiger partial charge in [0.2, 0.25) is 5.91 Å². The Bertz CT molecular complexity index is 1100. The van der Waals surface area contributed by atoms with Crippen molar-refractivity contribution >= 4 is 17.7 Å². The normalized spacial score (nSPS) is 15.7. The van der Waals surface area contributed by atoms with Crippen LogP contribution in [-0.2, 0) is 24.3 Å². The third kappa shape index (κ3) is 5.35. The Morgan fingerprint density at radius 3 is 2.90 bits per heavy atom. The number of aromatic nitrogens is 4. The summed E-state index contributed by atoms with van der Waals surface area (Å²) < 4.78 is 8.50. The summed E-state index contributed by atoms with van der Waals surface area (Å²) in [6.45, 7) is 0.956. The van der Waals surface area contributed by atoms with Crippen molar-refractivity contribution in [3.05, 3.63) is 70.7 Å². The predicted molar refractivity (Wildman–Crippen MR) is 118 cm³/mol. The van der Waals surface area contributed by atoms with Crippen LogP contribution in [-0.4, -0.2) is 44.1 Å². The SMILES string of the molecule is COc1cccc(Cn2nc3n(c2=O)CCC(NC(=O)CSc2ccncc2)CC3)c1. The van der Waals surface area contributed by atoms with Gasteiger partial charge in [0.1, 0.15) is 11.6 Å². The summed E-state index contributed by atoms with van der Waals surface area (Å²) >= 11 is 1.49. The van der Waals surface area contributed by atoms with Crippen molar-refractivity contribution in [3.63, 3.8) is 0 Å². The lowest BCUT2D eigenvalue weighted by Crippen LogP contribution is -2.36. The Labute approximate surface area is 184 Å². The topological polar surface area (TPSA) is 91.0 Å². The zero-order valence-electron chi connectivity index (χ0n) is 17.4. The fraction of sp³-hybridized carbons (Fsp3) is 0.364. The van der Waals surface area contributed by atoms with Gasteiger partial charge in [-0.3, -0.25) is 14.3 Å². The van der Waals surface area contributed by atoms with Gasteiger partial charge in [-0.25, -0.2) is 9.48 Å². The molecule has 2 aromatic heterocycles. The third-order valence-corrected chi connectivity index (χ3v) is 6.28. The monoisotopic (exact) mass is 439 g/mol. The molecule has 3 heterocycles. The van der Waals surface area contributed by atoms with E-state index in [0.717, 1.165) is 28.5 Å². The molecule has 0 bridgehead atoms. The molecule has 0 fully saturated rings. The Hall–Kier alpha value is -3.07. The molecule has 8 nitrogen and oxygen atoms in total. The average molecular weight is 440 g/mol. The molecular weight excluding hydrogens is 414 g/mol. The van der Waals surface area contributed by atoms with E-state index in [2.05, 4.69) is 15.4 Å². The lowest BCUT2D eigenvalue weighted by Gasteiger charge is -2.16. The maximum absolute atomic E-state index is 12.8. The van der Waals surface area contributed by atoms with Crippen LogP contribution in [0, 0.1) is 0 Å². The van der Waals surface area contributed by atoms with E-state index in [4.69, 9.17) is 4.74 Å². The summed E-state index contributed by atoms with van der Waals surface area (Å²) in [7, 11) is 1.62. The molecule has 4 rings (SSSR count). The van der Waals surface area contributed by atoms with Crippen molar-refractivity contribution in [2.45, 2.75) is 43.3 Å². The second-order valence-corrected chi connectivity index (χ2v) is 8.47. The molecule has 1 aromatic carbocycles. The summed E-state index contributed by atoms with van der Waals surface area (Å²) in [5.41, 5.74) is 0.851. The van der Waals surface area contributed by atoms with Gasteiger partial charge in [-0.2, -0.15) is 5.10 Å². The molecule has 31 heavy (non-hydrogen) atoms. The number of carbonyl (C=O) groups excluding carboxylic acids is 1. The highest BCUT2D eigenvalue weighted by atomic mass is 32.2. The minimum Gasteiger partial charge on any atom is -0.497 e. The molecule has 1 amide bonds. The number of pyridine rings is 1. The number of methoxy groups -OCH3 is 1. The molecule has 1 N–H and O–H groups in total. The molecule has 162 valence electrons. The Morgan fingerprint density at radius 2 is 2.10 bits per heavy atom. The van der Waals surface area contributed by atoms with Gasteiger partial charge in [0, 0.05) is 36.3 Å². The van der Waals surface area contributed by atoms with Crippen molar-refractivity contribution in [1.29, 1.82) is 0 Å². The van der Waals surface area contributed by atoms with Crippen molar-refractivity contribution in [1.82, 2.24) is 24.6 Å². The fourth-order valence-corrected chi connectivity index (χ4v) is 4.37. The molecule has 9 heteroatoms. The van der Waals surface area contributed by atoms with Crippen molar-refractivity contribution in [3.8, 4) is 5.75 Å². The summed E-state index contributed by atoms with van der Waals surface area (Å²) in [4.78, 5) is 30.2. The Balaban J connectivity index is 1.34. The van der Waals surface area contributed by atoms with Gasteiger partial charge in [-0.05, 0) is 42.7 Å². The molecule has 0 saturated carbocycles. The average Bonchev–Trinajstić information content (AvgIpc) is 2.95. The third-order valence-electron chi connectivity index (χ3n) is 5.27. The molecule has 0 radical (unpaired) electrons. The first kappa shape index (κ1) is 21.2. The minimum absolute atomic E-state index is 0.00166. The van der Waals surface area contributed by atoms with Crippen LogP contribution in [0.15, 0.2) is 58.5 Å². The molecule has 1 atom stereocenters. The zero-order chi connectivity index (χ0) is 21.6. The standard InChI is InChI=1S/C22H25N5O3S/c1-30-18-4-2-3-16(13-18)14-27-22(29)26-12-9-17(5-6-20(26)25-27)24-21(28)15-31-19-7-10-23-11-8-19/h2-4,7-8,10-11,13,17H,5-6,9,12,14-15H2,1H3,(H,24,28). The van der Waals surface area contributed by atoms with Gasteiger partial charge in [0.25, 0.3) is 0 Å². The summed E-state index contributed by atoms with van der Waals surface area (Å²) in [6, 6.07) is 11.5. The number of carbonyl (C=O) groups is 1. The van der Waals surface area contributed by atoms with Crippen LogP contribution in [0.25, 0.3) is 0 Å². The minimum atomic E-state index is -0.113.